The van der Waals surface area contributed by atoms with Gasteiger partial charge in [-0.15, -0.1) is 0 Å². The summed E-state index contributed by atoms with van der Waals surface area (Å²) in [6.45, 7) is 4.41. The Morgan fingerprint density at radius 2 is 1.69 bits per heavy atom. The molecule has 2 aliphatic rings. The predicted octanol–water partition coefficient (Wildman–Crippen LogP) is 6.07. The molecule has 0 radical (unpaired) electrons. The number of fused-ring (bicyclic) bond motifs is 3. The topological polar surface area (TPSA) is 43.3 Å². The van der Waals surface area contributed by atoms with E-state index in [1.54, 1.807) is 14.2 Å². The second-order valence-corrected chi connectivity index (χ2v) is 8.55. The van der Waals surface area contributed by atoms with Crippen LogP contribution >= 0.6 is 0 Å². The zero-order valence-electron chi connectivity index (χ0n) is 18.9. The highest BCUT2D eigenvalue weighted by Gasteiger charge is 2.42. The fourth-order valence-electron chi connectivity index (χ4n) is 4.47. The largest absolute Gasteiger partial charge is 0.497 e. The van der Waals surface area contributed by atoms with Crippen molar-refractivity contribution in [3.8, 4) is 17.2 Å². The maximum Gasteiger partial charge on any atom is 0.214 e. The molecule has 5 heteroatoms. The molecule has 0 aliphatic carbocycles. The molecule has 0 spiro atoms. The van der Waals surface area contributed by atoms with E-state index in [0.717, 1.165) is 46.1 Å². The summed E-state index contributed by atoms with van der Waals surface area (Å²) in [6, 6.07) is 22.9. The van der Waals surface area contributed by atoms with E-state index in [4.69, 9.17) is 19.3 Å². The van der Waals surface area contributed by atoms with Crippen LogP contribution in [0.2, 0.25) is 0 Å². The van der Waals surface area contributed by atoms with Crippen molar-refractivity contribution in [3.05, 3.63) is 89.0 Å². The van der Waals surface area contributed by atoms with Gasteiger partial charge in [-0.1, -0.05) is 50.2 Å². The molecule has 2 aliphatic heterocycles. The quantitative estimate of drug-likeness (QED) is 0.495. The minimum atomic E-state index is -0.319. The number of methoxy groups -OCH3 is 2. The van der Waals surface area contributed by atoms with E-state index >= 15 is 0 Å². The van der Waals surface area contributed by atoms with Crippen molar-refractivity contribution in [1.29, 1.82) is 0 Å². The standard InChI is InChI=1S/C27H28N2O3/c1-17(2)18-8-10-20(11-9-18)27-29-24(22-6-5-7-25(31-4)26(22)32-27)16-23(28-29)19-12-14-21(30-3)15-13-19/h5-15,17,24,27H,16H2,1-4H3/t24-,27-/m0/s1. The molecule has 0 fully saturated rings. The van der Waals surface area contributed by atoms with Crippen molar-refractivity contribution >= 4 is 5.71 Å². The van der Waals surface area contributed by atoms with Gasteiger partial charge >= 0.3 is 0 Å². The minimum absolute atomic E-state index is 0.0840. The summed E-state index contributed by atoms with van der Waals surface area (Å²) < 4.78 is 17.5. The SMILES string of the molecule is COc1ccc(C2=NN3[C@@H](C2)c2cccc(OC)c2O[C@H]3c2ccc(C(C)C)cc2)cc1. The normalized spacial score (nSPS) is 19.2. The summed E-state index contributed by atoms with van der Waals surface area (Å²) in [5.41, 5.74) is 5.63. The van der Waals surface area contributed by atoms with E-state index in [0.29, 0.717) is 5.92 Å². The number of hydrogen-bond donors (Lipinski definition) is 0. The molecule has 0 aromatic heterocycles. The van der Waals surface area contributed by atoms with Crippen molar-refractivity contribution in [3.63, 3.8) is 0 Å². The van der Waals surface area contributed by atoms with Gasteiger partial charge < -0.3 is 14.2 Å². The Kier molecular flexibility index (Phi) is 5.25. The first-order valence-electron chi connectivity index (χ1n) is 11.0. The highest BCUT2D eigenvalue weighted by molar-refractivity contribution is 6.02. The van der Waals surface area contributed by atoms with Gasteiger partial charge in [0.2, 0.25) is 6.23 Å². The van der Waals surface area contributed by atoms with Crippen LogP contribution in [-0.2, 0) is 0 Å². The van der Waals surface area contributed by atoms with Gasteiger partial charge in [-0.2, -0.15) is 5.10 Å². The third-order valence-corrected chi connectivity index (χ3v) is 6.31. The van der Waals surface area contributed by atoms with Gasteiger partial charge in [0, 0.05) is 17.5 Å². The number of hydrogen-bond acceptors (Lipinski definition) is 5. The molecule has 5 nitrogen and oxygen atoms in total. The number of benzene rings is 3. The Morgan fingerprint density at radius 1 is 0.938 bits per heavy atom. The van der Waals surface area contributed by atoms with Gasteiger partial charge in [0.25, 0.3) is 0 Å². The number of hydrazone groups is 1. The highest BCUT2D eigenvalue weighted by atomic mass is 16.5. The molecular formula is C27H28N2O3. The first kappa shape index (κ1) is 20.4. The van der Waals surface area contributed by atoms with Gasteiger partial charge in [-0.3, -0.25) is 0 Å². The monoisotopic (exact) mass is 428 g/mol. The first-order valence-corrected chi connectivity index (χ1v) is 11.0. The summed E-state index contributed by atoms with van der Waals surface area (Å²) in [4.78, 5) is 0. The smallest absolute Gasteiger partial charge is 0.214 e. The molecule has 2 heterocycles. The van der Waals surface area contributed by atoms with E-state index in [1.807, 2.05) is 24.3 Å². The van der Waals surface area contributed by atoms with Gasteiger partial charge in [0.15, 0.2) is 11.5 Å². The molecule has 3 aromatic carbocycles. The Labute approximate surface area is 189 Å². The second kappa shape index (κ2) is 8.23. The molecule has 0 N–H and O–H groups in total. The number of nitrogens with zero attached hydrogens (tertiary/aromatic N) is 2. The maximum atomic E-state index is 6.55. The lowest BCUT2D eigenvalue weighted by Crippen LogP contribution is -2.33. The van der Waals surface area contributed by atoms with E-state index in [9.17, 15) is 0 Å². The molecule has 164 valence electrons. The van der Waals surface area contributed by atoms with Crippen LogP contribution < -0.4 is 14.2 Å². The van der Waals surface area contributed by atoms with E-state index in [2.05, 4.69) is 61.3 Å². The van der Waals surface area contributed by atoms with Crippen molar-refractivity contribution in [1.82, 2.24) is 5.01 Å². The number of ether oxygens (including phenoxy) is 3. The molecule has 2 atom stereocenters. The minimum Gasteiger partial charge on any atom is -0.497 e. The molecule has 0 amide bonds. The van der Waals surface area contributed by atoms with Crippen LogP contribution in [0, 0.1) is 0 Å². The lowest BCUT2D eigenvalue weighted by molar-refractivity contribution is -0.0209. The van der Waals surface area contributed by atoms with Gasteiger partial charge in [0.1, 0.15) is 5.75 Å². The highest BCUT2D eigenvalue weighted by Crippen LogP contribution is 2.50. The fourth-order valence-corrected chi connectivity index (χ4v) is 4.47. The van der Waals surface area contributed by atoms with Crippen molar-refractivity contribution in [2.75, 3.05) is 14.2 Å². The molecule has 0 bridgehead atoms. The van der Waals surface area contributed by atoms with Gasteiger partial charge in [-0.25, -0.2) is 5.01 Å². The summed E-state index contributed by atoms with van der Waals surface area (Å²) in [5, 5.41) is 7.15. The summed E-state index contributed by atoms with van der Waals surface area (Å²) in [6.07, 6.45) is 0.483. The number of rotatable bonds is 5. The van der Waals surface area contributed by atoms with Crippen LogP contribution in [0.3, 0.4) is 0 Å². The molecule has 5 rings (SSSR count). The zero-order valence-corrected chi connectivity index (χ0v) is 18.9. The lowest BCUT2D eigenvalue weighted by Gasteiger charge is -2.38. The van der Waals surface area contributed by atoms with Gasteiger partial charge in [0.05, 0.1) is 26.0 Å². The van der Waals surface area contributed by atoms with Crippen molar-refractivity contribution in [2.24, 2.45) is 5.10 Å². The summed E-state index contributed by atoms with van der Waals surface area (Å²) in [7, 11) is 3.37. The Morgan fingerprint density at radius 3 is 2.34 bits per heavy atom. The molecular weight excluding hydrogens is 400 g/mol. The Balaban J connectivity index is 1.57. The van der Waals surface area contributed by atoms with Crippen LogP contribution in [0.4, 0.5) is 0 Å². The van der Waals surface area contributed by atoms with Crippen LogP contribution in [0.1, 0.15) is 60.7 Å². The van der Waals surface area contributed by atoms with E-state index in [1.165, 1.54) is 5.56 Å². The molecule has 0 saturated heterocycles. The maximum absolute atomic E-state index is 6.55. The average molecular weight is 429 g/mol. The van der Waals surface area contributed by atoms with Gasteiger partial charge in [-0.05, 0) is 47.4 Å². The Hall–Kier alpha value is -3.47. The molecule has 3 aromatic rings. The third kappa shape index (κ3) is 3.48. The van der Waals surface area contributed by atoms with Crippen LogP contribution in [-0.4, -0.2) is 24.9 Å². The first-order chi connectivity index (χ1) is 15.6. The summed E-state index contributed by atoms with van der Waals surface area (Å²) in [5.74, 6) is 2.88. The summed E-state index contributed by atoms with van der Waals surface area (Å²) >= 11 is 0. The zero-order chi connectivity index (χ0) is 22.2. The molecule has 32 heavy (non-hydrogen) atoms. The fraction of sp³-hybridized carbons (Fsp3) is 0.296. The number of para-hydroxylation sites is 1. The van der Waals surface area contributed by atoms with E-state index in [-0.39, 0.29) is 12.3 Å². The third-order valence-electron chi connectivity index (χ3n) is 6.31. The van der Waals surface area contributed by atoms with Crippen molar-refractivity contribution in [2.45, 2.75) is 38.5 Å². The van der Waals surface area contributed by atoms with Crippen LogP contribution in [0.25, 0.3) is 0 Å². The average Bonchev–Trinajstić information content (AvgIpc) is 3.29. The second-order valence-electron chi connectivity index (χ2n) is 8.55. The van der Waals surface area contributed by atoms with Crippen LogP contribution in [0.5, 0.6) is 17.2 Å². The van der Waals surface area contributed by atoms with Crippen molar-refractivity contribution < 1.29 is 14.2 Å². The predicted molar refractivity (Wildman–Crippen MR) is 126 cm³/mol. The molecule has 0 saturated carbocycles. The van der Waals surface area contributed by atoms with Crippen LogP contribution in [0.15, 0.2) is 71.8 Å². The lowest BCUT2D eigenvalue weighted by atomic mass is 9.95. The van der Waals surface area contributed by atoms with E-state index < -0.39 is 0 Å². The Bertz CT molecular complexity index is 1140. The molecule has 0 unspecified atom stereocenters.